The molecule has 0 unspecified atom stereocenters. The Hall–Kier alpha value is -1.46. The van der Waals surface area contributed by atoms with E-state index in [9.17, 15) is 4.39 Å². The minimum Gasteiger partial charge on any atom is -0.378 e. The molecule has 3 rings (SSSR count). The zero-order valence-corrected chi connectivity index (χ0v) is 14.5. The third-order valence-electron chi connectivity index (χ3n) is 4.01. The largest absolute Gasteiger partial charge is 0.378 e. The number of benzene rings is 1. The Labute approximate surface area is 141 Å². The SMILES string of the molecule is CC(C)COC1CCN(c2nc(-c3ccc(F)cc3)cs2)CC1. The van der Waals surface area contributed by atoms with Crippen molar-refractivity contribution in [2.45, 2.75) is 32.8 Å². The molecule has 1 aliphatic rings. The molecule has 0 saturated carbocycles. The summed E-state index contributed by atoms with van der Waals surface area (Å²) in [6.07, 6.45) is 2.49. The van der Waals surface area contributed by atoms with E-state index >= 15 is 0 Å². The predicted molar refractivity (Wildman–Crippen MR) is 93.5 cm³/mol. The molecule has 1 aromatic carbocycles. The molecule has 1 aliphatic heterocycles. The lowest BCUT2D eigenvalue weighted by atomic mass is 10.1. The normalized spacial score (nSPS) is 16.3. The minimum atomic E-state index is -0.215. The van der Waals surface area contributed by atoms with Crippen LogP contribution in [0.5, 0.6) is 0 Å². The average molecular weight is 334 g/mol. The van der Waals surface area contributed by atoms with Gasteiger partial charge in [0.1, 0.15) is 5.82 Å². The van der Waals surface area contributed by atoms with Crippen molar-refractivity contribution in [1.82, 2.24) is 4.98 Å². The average Bonchev–Trinajstić information content (AvgIpc) is 3.04. The Bertz CT molecular complexity index is 618. The predicted octanol–water partition coefficient (Wildman–Crippen LogP) is 4.59. The summed E-state index contributed by atoms with van der Waals surface area (Å²) in [4.78, 5) is 7.04. The molecular formula is C18H23FN2OS. The number of aromatic nitrogens is 1. The van der Waals surface area contributed by atoms with E-state index in [0.29, 0.717) is 12.0 Å². The second-order valence-corrected chi connectivity index (χ2v) is 7.27. The van der Waals surface area contributed by atoms with Gasteiger partial charge in [0.25, 0.3) is 0 Å². The van der Waals surface area contributed by atoms with Crippen LogP contribution >= 0.6 is 11.3 Å². The lowest BCUT2D eigenvalue weighted by molar-refractivity contribution is 0.0215. The van der Waals surface area contributed by atoms with Crippen LogP contribution in [0.2, 0.25) is 0 Å². The lowest BCUT2D eigenvalue weighted by Gasteiger charge is -2.32. The molecule has 1 aromatic heterocycles. The molecule has 2 heterocycles. The molecule has 0 N–H and O–H groups in total. The molecule has 0 bridgehead atoms. The Balaban J connectivity index is 1.58. The molecule has 0 amide bonds. The maximum atomic E-state index is 13.0. The number of anilines is 1. The van der Waals surface area contributed by atoms with Gasteiger partial charge in [-0.05, 0) is 43.0 Å². The minimum absolute atomic E-state index is 0.215. The maximum absolute atomic E-state index is 13.0. The first kappa shape index (κ1) is 16.4. The van der Waals surface area contributed by atoms with Crippen LogP contribution in [0.15, 0.2) is 29.6 Å². The second-order valence-electron chi connectivity index (χ2n) is 6.44. The smallest absolute Gasteiger partial charge is 0.185 e. The van der Waals surface area contributed by atoms with Crippen LogP contribution in [0.1, 0.15) is 26.7 Å². The molecule has 0 spiro atoms. The Morgan fingerprint density at radius 3 is 2.61 bits per heavy atom. The van der Waals surface area contributed by atoms with E-state index < -0.39 is 0 Å². The van der Waals surface area contributed by atoms with Crippen LogP contribution < -0.4 is 4.90 Å². The van der Waals surface area contributed by atoms with E-state index in [2.05, 4.69) is 18.7 Å². The van der Waals surface area contributed by atoms with Gasteiger partial charge < -0.3 is 9.64 Å². The summed E-state index contributed by atoms with van der Waals surface area (Å²) in [7, 11) is 0. The van der Waals surface area contributed by atoms with Crippen molar-refractivity contribution >= 4 is 16.5 Å². The molecule has 23 heavy (non-hydrogen) atoms. The Morgan fingerprint density at radius 1 is 1.26 bits per heavy atom. The van der Waals surface area contributed by atoms with Crippen LogP contribution in [0, 0.1) is 11.7 Å². The number of ether oxygens (including phenoxy) is 1. The highest BCUT2D eigenvalue weighted by atomic mass is 32.1. The van der Waals surface area contributed by atoms with Crippen molar-refractivity contribution in [1.29, 1.82) is 0 Å². The van der Waals surface area contributed by atoms with Crippen molar-refractivity contribution in [3.05, 3.63) is 35.5 Å². The zero-order valence-electron chi connectivity index (χ0n) is 13.7. The van der Waals surface area contributed by atoms with Crippen LogP contribution in [-0.4, -0.2) is 30.8 Å². The van der Waals surface area contributed by atoms with Crippen LogP contribution in [-0.2, 0) is 4.74 Å². The highest BCUT2D eigenvalue weighted by Crippen LogP contribution is 2.29. The standard InChI is InChI=1S/C18H23FN2OS/c1-13(2)11-22-16-7-9-21(10-8-16)18-20-17(12-23-18)14-3-5-15(19)6-4-14/h3-6,12-13,16H,7-11H2,1-2H3. The van der Waals surface area contributed by atoms with Gasteiger partial charge in [-0.25, -0.2) is 9.37 Å². The quantitative estimate of drug-likeness (QED) is 0.799. The topological polar surface area (TPSA) is 25.4 Å². The van der Waals surface area contributed by atoms with Crippen LogP contribution in [0.25, 0.3) is 11.3 Å². The van der Waals surface area contributed by atoms with Crippen molar-refractivity contribution < 1.29 is 9.13 Å². The van der Waals surface area contributed by atoms with Crippen molar-refractivity contribution in [3.63, 3.8) is 0 Å². The van der Waals surface area contributed by atoms with Gasteiger partial charge in [0.05, 0.1) is 11.8 Å². The molecule has 0 atom stereocenters. The third kappa shape index (κ3) is 4.30. The molecule has 2 aromatic rings. The highest BCUT2D eigenvalue weighted by Gasteiger charge is 2.22. The molecule has 3 nitrogen and oxygen atoms in total. The van der Waals surface area contributed by atoms with E-state index in [1.54, 1.807) is 23.5 Å². The number of hydrogen-bond acceptors (Lipinski definition) is 4. The van der Waals surface area contributed by atoms with Gasteiger partial charge in [0.15, 0.2) is 5.13 Å². The van der Waals surface area contributed by atoms with Gasteiger partial charge in [-0.1, -0.05) is 13.8 Å². The number of halogens is 1. The van der Waals surface area contributed by atoms with Gasteiger partial charge in [0.2, 0.25) is 0 Å². The summed E-state index contributed by atoms with van der Waals surface area (Å²) >= 11 is 1.65. The van der Waals surface area contributed by atoms with E-state index in [4.69, 9.17) is 9.72 Å². The molecule has 1 saturated heterocycles. The summed E-state index contributed by atoms with van der Waals surface area (Å²) in [5, 5.41) is 3.09. The molecule has 5 heteroatoms. The van der Waals surface area contributed by atoms with Gasteiger partial charge in [-0.3, -0.25) is 0 Å². The van der Waals surface area contributed by atoms with Gasteiger partial charge in [-0.15, -0.1) is 11.3 Å². The summed E-state index contributed by atoms with van der Waals surface area (Å²) < 4.78 is 18.9. The molecule has 0 radical (unpaired) electrons. The third-order valence-corrected chi connectivity index (χ3v) is 4.91. The first-order valence-corrected chi connectivity index (χ1v) is 9.08. The van der Waals surface area contributed by atoms with E-state index in [1.165, 1.54) is 12.1 Å². The number of piperidine rings is 1. The van der Waals surface area contributed by atoms with Gasteiger partial charge in [-0.2, -0.15) is 0 Å². The van der Waals surface area contributed by atoms with Crippen molar-refractivity contribution in [2.24, 2.45) is 5.92 Å². The first-order chi connectivity index (χ1) is 11.1. The summed E-state index contributed by atoms with van der Waals surface area (Å²) in [5.41, 5.74) is 1.88. The van der Waals surface area contributed by atoms with E-state index in [-0.39, 0.29) is 5.82 Å². The van der Waals surface area contributed by atoms with E-state index in [1.807, 2.05) is 5.38 Å². The summed E-state index contributed by atoms with van der Waals surface area (Å²) in [5.74, 6) is 0.373. The van der Waals surface area contributed by atoms with Gasteiger partial charge in [0, 0.05) is 30.6 Å². The lowest BCUT2D eigenvalue weighted by Crippen LogP contribution is -2.37. The monoisotopic (exact) mass is 334 g/mol. The fourth-order valence-corrected chi connectivity index (χ4v) is 3.59. The number of hydrogen-bond donors (Lipinski definition) is 0. The number of rotatable bonds is 5. The van der Waals surface area contributed by atoms with E-state index in [0.717, 1.165) is 48.9 Å². The van der Waals surface area contributed by atoms with Crippen LogP contribution in [0.4, 0.5) is 9.52 Å². The van der Waals surface area contributed by atoms with Crippen molar-refractivity contribution in [2.75, 3.05) is 24.6 Å². The number of nitrogens with zero attached hydrogens (tertiary/aromatic N) is 2. The maximum Gasteiger partial charge on any atom is 0.185 e. The fraction of sp³-hybridized carbons (Fsp3) is 0.500. The molecule has 0 aliphatic carbocycles. The summed E-state index contributed by atoms with van der Waals surface area (Å²) in [6.45, 7) is 7.18. The first-order valence-electron chi connectivity index (χ1n) is 8.20. The zero-order chi connectivity index (χ0) is 16.2. The molecular weight excluding hydrogens is 311 g/mol. The fourth-order valence-electron chi connectivity index (χ4n) is 2.71. The second kappa shape index (κ2) is 7.41. The molecule has 124 valence electrons. The Kier molecular flexibility index (Phi) is 5.28. The summed E-state index contributed by atoms with van der Waals surface area (Å²) in [6, 6.07) is 6.51. The Morgan fingerprint density at radius 2 is 1.96 bits per heavy atom. The molecule has 1 fully saturated rings. The highest BCUT2D eigenvalue weighted by molar-refractivity contribution is 7.14. The number of thiazole rings is 1. The van der Waals surface area contributed by atoms with Crippen LogP contribution in [0.3, 0.4) is 0 Å². The van der Waals surface area contributed by atoms with Gasteiger partial charge >= 0.3 is 0 Å². The van der Waals surface area contributed by atoms with Crippen molar-refractivity contribution in [3.8, 4) is 11.3 Å².